The summed E-state index contributed by atoms with van der Waals surface area (Å²) in [6, 6.07) is 6.93. The third kappa shape index (κ3) is 3.38. The molecule has 1 aromatic heterocycles. The summed E-state index contributed by atoms with van der Waals surface area (Å²) in [6.07, 6.45) is 1.94. The van der Waals surface area contributed by atoms with Gasteiger partial charge < -0.3 is 14.5 Å². The Bertz CT molecular complexity index is 552. The third-order valence-corrected chi connectivity index (χ3v) is 3.47. The van der Waals surface area contributed by atoms with Gasteiger partial charge in [-0.05, 0) is 38.4 Å². The van der Waals surface area contributed by atoms with Crippen LogP contribution in [0.15, 0.2) is 28.7 Å². The van der Waals surface area contributed by atoms with Crippen molar-refractivity contribution in [2.24, 2.45) is 0 Å². The van der Waals surface area contributed by atoms with E-state index in [1.54, 1.807) is 13.2 Å². The molecule has 1 N–H and O–H groups in total. The standard InChI is InChI=1S/C16H22FNO2/c1-4-8-18-14(9-11(2)19-3)15-10-12-6-5-7-13(17)16(12)20-15/h5-7,10-11,14,18H,4,8-9H2,1-3H3. The smallest absolute Gasteiger partial charge is 0.169 e. The summed E-state index contributed by atoms with van der Waals surface area (Å²) in [4.78, 5) is 0. The van der Waals surface area contributed by atoms with Crippen molar-refractivity contribution in [2.75, 3.05) is 13.7 Å². The second-order valence-electron chi connectivity index (χ2n) is 5.10. The Labute approximate surface area is 119 Å². The average Bonchev–Trinajstić information content (AvgIpc) is 2.88. The average molecular weight is 279 g/mol. The van der Waals surface area contributed by atoms with Crippen molar-refractivity contribution in [3.05, 3.63) is 35.8 Å². The molecule has 0 aliphatic heterocycles. The summed E-state index contributed by atoms with van der Waals surface area (Å²) in [7, 11) is 1.69. The van der Waals surface area contributed by atoms with Gasteiger partial charge in [-0.3, -0.25) is 0 Å². The van der Waals surface area contributed by atoms with Crippen molar-refractivity contribution in [1.29, 1.82) is 0 Å². The molecule has 0 fully saturated rings. The van der Waals surface area contributed by atoms with Gasteiger partial charge >= 0.3 is 0 Å². The molecule has 2 rings (SSSR count). The molecule has 3 nitrogen and oxygen atoms in total. The van der Waals surface area contributed by atoms with E-state index in [1.807, 2.05) is 19.1 Å². The molecule has 2 atom stereocenters. The highest BCUT2D eigenvalue weighted by Crippen LogP contribution is 2.28. The van der Waals surface area contributed by atoms with Gasteiger partial charge in [0.15, 0.2) is 11.4 Å². The van der Waals surface area contributed by atoms with Crippen molar-refractivity contribution >= 4 is 11.0 Å². The Kier molecular flexibility index (Phi) is 5.15. The quantitative estimate of drug-likeness (QED) is 0.830. The van der Waals surface area contributed by atoms with Crippen LogP contribution >= 0.6 is 0 Å². The van der Waals surface area contributed by atoms with E-state index in [9.17, 15) is 4.39 Å². The number of hydrogen-bond donors (Lipinski definition) is 1. The van der Waals surface area contributed by atoms with Crippen molar-refractivity contribution < 1.29 is 13.5 Å². The van der Waals surface area contributed by atoms with Gasteiger partial charge in [0.1, 0.15) is 5.76 Å². The molecule has 1 aromatic carbocycles. The topological polar surface area (TPSA) is 34.4 Å². The SMILES string of the molecule is CCCNC(CC(C)OC)c1cc2cccc(F)c2o1. The monoisotopic (exact) mass is 279 g/mol. The molecule has 0 saturated carbocycles. The Morgan fingerprint density at radius 3 is 2.85 bits per heavy atom. The van der Waals surface area contributed by atoms with Gasteiger partial charge in [0.05, 0.1) is 12.1 Å². The second kappa shape index (κ2) is 6.86. The number of hydrogen-bond acceptors (Lipinski definition) is 3. The summed E-state index contributed by atoms with van der Waals surface area (Å²) in [5, 5.41) is 4.23. The van der Waals surface area contributed by atoms with Crippen LogP contribution < -0.4 is 5.32 Å². The number of methoxy groups -OCH3 is 1. The first-order valence-corrected chi connectivity index (χ1v) is 7.09. The normalized spacial score (nSPS) is 14.6. The van der Waals surface area contributed by atoms with E-state index in [0.29, 0.717) is 5.58 Å². The van der Waals surface area contributed by atoms with Crippen molar-refractivity contribution in [2.45, 2.75) is 38.8 Å². The lowest BCUT2D eigenvalue weighted by Gasteiger charge is -2.19. The summed E-state index contributed by atoms with van der Waals surface area (Å²) in [6.45, 7) is 5.02. The fraction of sp³-hybridized carbons (Fsp3) is 0.500. The molecule has 0 aliphatic carbocycles. The number of para-hydroxylation sites is 1. The zero-order chi connectivity index (χ0) is 14.5. The summed E-state index contributed by atoms with van der Waals surface area (Å²) < 4.78 is 24.7. The first kappa shape index (κ1) is 15.0. The Morgan fingerprint density at radius 1 is 1.40 bits per heavy atom. The summed E-state index contributed by atoms with van der Waals surface area (Å²) in [5.74, 6) is 0.449. The molecular formula is C16H22FNO2. The second-order valence-corrected chi connectivity index (χ2v) is 5.10. The molecular weight excluding hydrogens is 257 g/mol. The highest BCUT2D eigenvalue weighted by Gasteiger charge is 2.19. The molecule has 0 saturated heterocycles. The van der Waals surface area contributed by atoms with Crippen LogP contribution in [0, 0.1) is 5.82 Å². The van der Waals surface area contributed by atoms with Crippen LogP contribution in [0.1, 0.15) is 38.5 Å². The lowest BCUT2D eigenvalue weighted by molar-refractivity contribution is 0.0977. The molecule has 4 heteroatoms. The minimum atomic E-state index is -0.317. The van der Waals surface area contributed by atoms with Gasteiger partial charge in [-0.25, -0.2) is 4.39 Å². The Morgan fingerprint density at radius 2 is 2.20 bits per heavy atom. The zero-order valence-electron chi connectivity index (χ0n) is 12.3. The van der Waals surface area contributed by atoms with Gasteiger partial charge in [0.2, 0.25) is 0 Å². The number of furan rings is 1. The maximum atomic E-state index is 13.7. The van der Waals surface area contributed by atoms with Crippen LogP contribution in [0.3, 0.4) is 0 Å². The van der Waals surface area contributed by atoms with Crippen molar-refractivity contribution in [3.63, 3.8) is 0 Å². The fourth-order valence-electron chi connectivity index (χ4n) is 2.27. The largest absolute Gasteiger partial charge is 0.456 e. The number of halogens is 1. The van der Waals surface area contributed by atoms with E-state index in [2.05, 4.69) is 12.2 Å². The van der Waals surface area contributed by atoms with Crippen LogP contribution in [0.2, 0.25) is 0 Å². The maximum absolute atomic E-state index is 13.7. The summed E-state index contributed by atoms with van der Waals surface area (Å²) in [5.41, 5.74) is 0.330. The fourth-order valence-corrected chi connectivity index (χ4v) is 2.27. The molecule has 110 valence electrons. The predicted molar refractivity (Wildman–Crippen MR) is 78.3 cm³/mol. The highest BCUT2D eigenvalue weighted by molar-refractivity contribution is 5.78. The summed E-state index contributed by atoms with van der Waals surface area (Å²) >= 11 is 0. The molecule has 0 bridgehead atoms. The molecule has 0 amide bonds. The van der Waals surface area contributed by atoms with Gasteiger partial charge in [0, 0.05) is 12.5 Å². The van der Waals surface area contributed by atoms with Crippen LogP contribution in [0.4, 0.5) is 4.39 Å². The molecule has 0 aliphatic rings. The zero-order valence-corrected chi connectivity index (χ0v) is 12.3. The van der Waals surface area contributed by atoms with E-state index in [-0.39, 0.29) is 18.0 Å². The minimum Gasteiger partial charge on any atom is -0.456 e. The van der Waals surface area contributed by atoms with Crippen LogP contribution in [-0.4, -0.2) is 19.8 Å². The van der Waals surface area contributed by atoms with Gasteiger partial charge in [0.25, 0.3) is 0 Å². The Balaban J connectivity index is 2.27. The van der Waals surface area contributed by atoms with Gasteiger partial charge in [-0.1, -0.05) is 19.1 Å². The molecule has 1 heterocycles. The van der Waals surface area contributed by atoms with Gasteiger partial charge in [-0.15, -0.1) is 0 Å². The predicted octanol–water partition coefficient (Wildman–Crippen LogP) is 4.04. The Hall–Kier alpha value is -1.39. The lowest BCUT2D eigenvalue weighted by atomic mass is 10.1. The van der Waals surface area contributed by atoms with Crippen LogP contribution in [0.5, 0.6) is 0 Å². The van der Waals surface area contributed by atoms with Crippen LogP contribution in [0.25, 0.3) is 11.0 Å². The number of rotatable bonds is 7. The highest BCUT2D eigenvalue weighted by atomic mass is 19.1. The lowest BCUT2D eigenvalue weighted by Crippen LogP contribution is -2.25. The van der Waals surface area contributed by atoms with E-state index >= 15 is 0 Å². The van der Waals surface area contributed by atoms with E-state index in [4.69, 9.17) is 9.15 Å². The van der Waals surface area contributed by atoms with E-state index < -0.39 is 0 Å². The van der Waals surface area contributed by atoms with Crippen molar-refractivity contribution in [3.8, 4) is 0 Å². The number of benzene rings is 1. The van der Waals surface area contributed by atoms with Gasteiger partial charge in [-0.2, -0.15) is 0 Å². The molecule has 20 heavy (non-hydrogen) atoms. The number of fused-ring (bicyclic) bond motifs is 1. The first-order valence-electron chi connectivity index (χ1n) is 7.09. The number of ether oxygens (including phenoxy) is 1. The molecule has 2 aromatic rings. The molecule has 0 radical (unpaired) electrons. The van der Waals surface area contributed by atoms with E-state index in [1.165, 1.54) is 6.07 Å². The maximum Gasteiger partial charge on any atom is 0.169 e. The number of nitrogens with one attached hydrogen (secondary N) is 1. The van der Waals surface area contributed by atoms with E-state index in [0.717, 1.165) is 30.5 Å². The first-order chi connectivity index (χ1) is 9.65. The minimum absolute atomic E-state index is 0.0386. The molecule has 2 unspecified atom stereocenters. The molecule has 0 spiro atoms. The van der Waals surface area contributed by atoms with Crippen LogP contribution in [-0.2, 0) is 4.74 Å². The third-order valence-electron chi connectivity index (χ3n) is 3.47. The van der Waals surface area contributed by atoms with Crippen molar-refractivity contribution in [1.82, 2.24) is 5.32 Å².